The van der Waals surface area contributed by atoms with Crippen LogP contribution in [-0.2, 0) is 20.9 Å². The van der Waals surface area contributed by atoms with Gasteiger partial charge in [0.05, 0.1) is 12.5 Å². The van der Waals surface area contributed by atoms with E-state index in [2.05, 4.69) is 15.5 Å². The van der Waals surface area contributed by atoms with Crippen molar-refractivity contribution in [3.05, 3.63) is 35.6 Å². The number of halogens is 1. The molecule has 7 heteroatoms. The van der Waals surface area contributed by atoms with Gasteiger partial charge in [0.15, 0.2) is 5.60 Å². The number of ether oxygens (including phenoxy) is 1. The van der Waals surface area contributed by atoms with Gasteiger partial charge in [0, 0.05) is 32.2 Å². The van der Waals surface area contributed by atoms with Gasteiger partial charge in [-0.15, -0.1) is 0 Å². The first kappa shape index (κ1) is 19.3. The molecule has 2 aliphatic heterocycles. The molecule has 0 unspecified atom stereocenters. The molecule has 2 atom stereocenters. The van der Waals surface area contributed by atoms with Crippen LogP contribution in [0.15, 0.2) is 24.3 Å². The molecule has 3 fully saturated rings. The van der Waals surface area contributed by atoms with E-state index in [1.807, 2.05) is 0 Å². The zero-order valence-electron chi connectivity index (χ0n) is 16.1. The summed E-state index contributed by atoms with van der Waals surface area (Å²) in [5.74, 6) is -1.12. The van der Waals surface area contributed by atoms with Crippen LogP contribution in [0.4, 0.5) is 4.39 Å². The SMILES string of the molecule is O=C(NC1CCCCC1)[C@H]1CN(Cc2ccc(F)cc2)C[C@@]12OCCNC2=O. The van der Waals surface area contributed by atoms with E-state index in [4.69, 9.17) is 4.74 Å². The predicted molar refractivity (Wildman–Crippen MR) is 102 cm³/mol. The van der Waals surface area contributed by atoms with Crippen LogP contribution in [-0.4, -0.2) is 54.6 Å². The van der Waals surface area contributed by atoms with Gasteiger partial charge in [-0.2, -0.15) is 0 Å². The number of carbonyl (C=O) groups excluding carboxylic acids is 2. The van der Waals surface area contributed by atoms with Crippen LogP contribution in [0, 0.1) is 11.7 Å². The first-order valence-corrected chi connectivity index (χ1v) is 10.3. The zero-order chi connectivity index (χ0) is 19.6. The van der Waals surface area contributed by atoms with Crippen molar-refractivity contribution in [3.63, 3.8) is 0 Å². The third-order valence-electron chi connectivity index (χ3n) is 6.18. The van der Waals surface area contributed by atoms with E-state index in [1.54, 1.807) is 12.1 Å². The Labute approximate surface area is 164 Å². The molecule has 2 heterocycles. The fourth-order valence-corrected chi connectivity index (χ4v) is 4.71. The van der Waals surface area contributed by atoms with Gasteiger partial charge in [-0.3, -0.25) is 14.5 Å². The lowest BCUT2D eigenvalue weighted by Gasteiger charge is -2.37. The summed E-state index contributed by atoms with van der Waals surface area (Å²) < 4.78 is 19.2. The maximum Gasteiger partial charge on any atom is 0.254 e. The molecule has 152 valence electrons. The van der Waals surface area contributed by atoms with E-state index in [0.717, 1.165) is 31.2 Å². The van der Waals surface area contributed by atoms with Gasteiger partial charge in [-0.1, -0.05) is 31.4 Å². The predicted octanol–water partition coefficient (Wildman–Crippen LogP) is 1.59. The van der Waals surface area contributed by atoms with Gasteiger partial charge < -0.3 is 15.4 Å². The maximum atomic E-state index is 13.2. The van der Waals surface area contributed by atoms with Crippen LogP contribution in [0.3, 0.4) is 0 Å². The topological polar surface area (TPSA) is 70.7 Å². The standard InChI is InChI=1S/C21H28FN3O3/c22-16-8-6-15(7-9-16)12-25-13-18(19(26)24-17-4-2-1-3-5-17)21(14-25)20(27)23-10-11-28-21/h6-9,17-18H,1-5,10-14H2,(H,23,27)(H,24,26)/t18-,21-/m1/s1. The zero-order valence-corrected chi connectivity index (χ0v) is 16.1. The molecule has 1 spiro atoms. The molecule has 2 N–H and O–H groups in total. The van der Waals surface area contributed by atoms with Crippen molar-refractivity contribution in [2.75, 3.05) is 26.2 Å². The molecule has 2 saturated heterocycles. The lowest BCUT2D eigenvalue weighted by atomic mass is 9.87. The molecular weight excluding hydrogens is 361 g/mol. The number of amides is 2. The van der Waals surface area contributed by atoms with Gasteiger partial charge in [-0.25, -0.2) is 4.39 Å². The van der Waals surface area contributed by atoms with E-state index in [-0.39, 0.29) is 23.7 Å². The Kier molecular flexibility index (Phi) is 5.64. The largest absolute Gasteiger partial charge is 0.361 e. The fraction of sp³-hybridized carbons (Fsp3) is 0.619. The smallest absolute Gasteiger partial charge is 0.254 e. The third-order valence-corrected chi connectivity index (χ3v) is 6.18. The number of benzene rings is 1. The van der Waals surface area contributed by atoms with E-state index in [1.165, 1.54) is 18.6 Å². The Morgan fingerprint density at radius 3 is 2.71 bits per heavy atom. The number of likely N-dealkylation sites (tertiary alicyclic amines) is 1. The van der Waals surface area contributed by atoms with E-state index in [0.29, 0.717) is 32.8 Å². The molecule has 0 radical (unpaired) electrons. The van der Waals surface area contributed by atoms with Gasteiger partial charge in [-0.05, 0) is 30.5 Å². The molecule has 3 aliphatic rings. The minimum Gasteiger partial charge on any atom is -0.361 e. The highest BCUT2D eigenvalue weighted by molar-refractivity contribution is 5.94. The molecule has 1 aliphatic carbocycles. The summed E-state index contributed by atoms with van der Waals surface area (Å²) in [4.78, 5) is 28.0. The average molecular weight is 389 g/mol. The second-order valence-electron chi connectivity index (χ2n) is 8.19. The van der Waals surface area contributed by atoms with E-state index in [9.17, 15) is 14.0 Å². The maximum absolute atomic E-state index is 13.2. The van der Waals surface area contributed by atoms with Crippen LogP contribution < -0.4 is 10.6 Å². The number of rotatable bonds is 4. The van der Waals surface area contributed by atoms with Gasteiger partial charge in [0.1, 0.15) is 5.82 Å². The van der Waals surface area contributed by atoms with Crippen LogP contribution in [0.25, 0.3) is 0 Å². The van der Waals surface area contributed by atoms with Crippen molar-refractivity contribution in [1.82, 2.24) is 15.5 Å². The summed E-state index contributed by atoms with van der Waals surface area (Å²) in [7, 11) is 0. The Morgan fingerprint density at radius 1 is 1.25 bits per heavy atom. The van der Waals surface area contributed by atoms with Crippen LogP contribution >= 0.6 is 0 Å². The minimum absolute atomic E-state index is 0.0921. The molecule has 1 aromatic rings. The molecule has 6 nitrogen and oxygen atoms in total. The molecule has 1 saturated carbocycles. The monoisotopic (exact) mass is 389 g/mol. The van der Waals surface area contributed by atoms with Crippen molar-refractivity contribution < 1.29 is 18.7 Å². The molecule has 4 rings (SSSR count). The van der Waals surface area contributed by atoms with E-state index < -0.39 is 11.5 Å². The Bertz CT molecular complexity index is 720. The van der Waals surface area contributed by atoms with Gasteiger partial charge in [0.25, 0.3) is 5.91 Å². The first-order valence-electron chi connectivity index (χ1n) is 10.3. The van der Waals surface area contributed by atoms with Gasteiger partial charge in [0.2, 0.25) is 5.91 Å². The highest BCUT2D eigenvalue weighted by Gasteiger charge is 2.57. The van der Waals surface area contributed by atoms with Crippen molar-refractivity contribution in [2.24, 2.45) is 5.92 Å². The summed E-state index contributed by atoms with van der Waals surface area (Å²) in [5, 5.41) is 6.04. The third kappa shape index (κ3) is 3.91. The van der Waals surface area contributed by atoms with Crippen LogP contribution in [0.2, 0.25) is 0 Å². The Morgan fingerprint density at radius 2 is 2.00 bits per heavy atom. The normalized spacial score (nSPS) is 29.0. The number of carbonyl (C=O) groups is 2. The summed E-state index contributed by atoms with van der Waals surface area (Å²) in [6.45, 7) is 2.23. The number of nitrogens with one attached hydrogen (secondary N) is 2. The fourth-order valence-electron chi connectivity index (χ4n) is 4.71. The summed E-state index contributed by atoms with van der Waals surface area (Å²) in [6, 6.07) is 6.52. The minimum atomic E-state index is -1.14. The lowest BCUT2D eigenvalue weighted by molar-refractivity contribution is -0.163. The second-order valence-corrected chi connectivity index (χ2v) is 8.19. The second kappa shape index (κ2) is 8.17. The quantitative estimate of drug-likeness (QED) is 0.821. The summed E-state index contributed by atoms with van der Waals surface area (Å²) in [6.07, 6.45) is 5.48. The van der Waals surface area contributed by atoms with Crippen molar-refractivity contribution in [3.8, 4) is 0 Å². The summed E-state index contributed by atoms with van der Waals surface area (Å²) in [5.41, 5.74) is -0.196. The number of hydrogen-bond acceptors (Lipinski definition) is 4. The highest BCUT2D eigenvalue weighted by atomic mass is 19.1. The average Bonchev–Trinajstić information content (AvgIpc) is 3.06. The molecule has 0 aromatic heterocycles. The van der Waals surface area contributed by atoms with Crippen molar-refractivity contribution >= 4 is 11.8 Å². The number of hydrogen-bond donors (Lipinski definition) is 2. The molecule has 2 amide bonds. The molecular formula is C21H28FN3O3. The number of nitrogens with zero attached hydrogens (tertiary/aromatic N) is 1. The van der Waals surface area contributed by atoms with Crippen molar-refractivity contribution in [1.29, 1.82) is 0 Å². The number of morpholine rings is 1. The summed E-state index contributed by atoms with van der Waals surface area (Å²) >= 11 is 0. The van der Waals surface area contributed by atoms with Crippen LogP contribution in [0.1, 0.15) is 37.7 Å². The molecule has 0 bridgehead atoms. The molecule has 28 heavy (non-hydrogen) atoms. The Balaban J connectivity index is 1.50. The van der Waals surface area contributed by atoms with Gasteiger partial charge >= 0.3 is 0 Å². The lowest BCUT2D eigenvalue weighted by Crippen LogP contribution is -2.62. The van der Waals surface area contributed by atoms with Crippen molar-refractivity contribution in [2.45, 2.75) is 50.3 Å². The van der Waals surface area contributed by atoms with Crippen LogP contribution in [0.5, 0.6) is 0 Å². The first-order chi connectivity index (χ1) is 13.6. The van der Waals surface area contributed by atoms with E-state index >= 15 is 0 Å². The molecule has 1 aromatic carbocycles. The highest BCUT2D eigenvalue weighted by Crippen LogP contribution is 2.35. The Hall–Kier alpha value is -1.99.